The highest BCUT2D eigenvalue weighted by Crippen LogP contribution is 2.41. The van der Waals surface area contributed by atoms with Crippen molar-refractivity contribution in [3.63, 3.8) is 0 Å². The summed E-state index contributed by atoms with van der Waals surface area (Å²) in [5.41, 5.74) is 1.88. The number of carbonyl (C=O) groups excluding carboxylic acids is 1. The molecule has 0 unspecified atom stereocenters. The van der Waals surface area contributed by atoms with Crippen LogP contribution >= 0.6 is 23.2 Å². The highest BCUT2D eigenvalue weighted by atomic mass is 35.5. The lowest BCUT2D eigenvalue weighted by Gasteiger charge is -2.07. The van der Waals surface area contributed by atoms with Gasteiger partial charge in [0.05, 0.1) is 10.7 Å². The molecule has 2 rings (SSSR count). The van der Waals surface area contributed by atoms with Gasteiger partial charge in [-0.05, 0) is 36.5 Å². The molecule has 0 spiro atoms. The molecule has 0 radical (unpaired) electrons. The number of alkyl halides is 1. The Kier molecular flexibility index (Phi) is 3.17. The van der Waals surface area contributed by atoms with Crippen molar-refractivity contribution in [1.29, 1.82) is 0 Å². The minimum atomic E-state index is -0.238. The van der Waals surface area contributed by atoms with Crippen molar-refractivity contribution in [3.05, 3.63) is 28.8 Å². The van der Waals surface area contributed by atoms with E-state index in [1.54, 1.807) is 0 Å². The van der Waals surface area contributed by atoms with E-state index in [-0.39, 0.29) is 11.8 Å². The lowest BCUT2D eigenvalue weighted by atomic mass is 10.1. The van der Waals surface area contributed by atoms with Crippen LogP contribution in [0.25, 0.3) is 0 Å². The van der Waals surface area contributed by atoms with Gasteiger partial charge in [-0.2, -0.15) is 0 Å². The van der Waals surface area contributed by atoms with Crippen LogP contribution in [0.15, 0.2) is 18.2 Å². The molecule has 1 saturated carbocycles. The van der Waals surface area contributed by atoms with Gasteiger partial charge in [-0.25, -0.2) is 0 Å². The first-order valence-corrected chi connectivity index (χ1v) is 5.77. The van der Waals surface area contributed by atoms with E-state index in [9.17, 15) is 4.79 Å². The zero-order valence-electron chi connectivity index (χ0n) is 8.09. The molecule has 1 amide bonds. The van der Waals surface area contributed by atoms with Crippen molar-refractivity contribution in [3.8, 4) is 0 Å². The van der Waals surface area contributed by atoms with Crippen molar-refractivity contribution in [2.75, 3.05) is 11.2 Å². The fourth-order valence-corrected chi connectivity index (χ4v) is 1.79. The highest BCUT2D eigenvalue weighted by Gasteiger charge is 2.23. The number of amides is 1. The molecule has 1 aromatic carbocycles. The van der Waals surface area contributed by atoms with Gasteiger partial charge in [-0.1, -0.05) is 17.7 Å². The Bertz CT molecular complexity index is 388. The number of hydrogen-bond acceptors (Lipinski definition) is 1. The van der Waals surface area contributed by atoms with E-state index in [0.717, 1.165) is 0 Å². The van der Waals surface area contributed by atoms with Crippen molar-refractivity contribution in [2.45, 2.75) is 18.8 Å². The van der Waals surface area contributed by atoms with Crippen LogP contribution in [0.1, 0.15) is 24.3 Å². The number of anilines is 1. The zero-order chi connectivity index (χ0) is 10.8. The second-order valence-electron chi connectivity index (χ2n) is 3.70. The van der Waals surface area contributed by atoms with Crippen LogP contribution < -0.4 is 5.32 Å². The quantitative estimate of drug-likeness (QED) is 0.811. The summed E-state index contributed by atoms with van der Waals surface area (Å²) in [5.74, 6) is 0.374. The summed E-state index contributed by atoms with van der Waals surface area (Å²) in [4.78, 5) is 11.1. The molecular weight excluding hydrogens is 233 g/mol. The third-order valence-corrected chi connectivity index (χ3v) is 2.99. The predicted molar refractivity (Wildman–Crippen MR) is 62.8 cm³/mol. The molecule has 0 saturated heterocycles. The third kappa shape index (κ3) is 2.64. The van der Waals surface area contributed by atoms with Crippen LogP contribution in [-0.4, -0.2) is 11.8 Å². The molecule has 1 N–H and O–H groups in total. The number of nitrogens with one attached hydrogen (secondary N) is 1. The lowest BCUT2D eigenvalue weighted by molar-refractivity contribution is -0.113. The molecule has 4 heteroatoms. The molecule has 0 bridgehead atoms. The predicted octanol–water partition coefficient (Wildman–Crippen LogP) is 3.39. The third-order valence-electron chi connectivity index (χ3n) is 2.44. The summed E-state index contributed by atoms with van der Waals surface area (Å²) < 4.78 is 0. The van der Waals surface area contributed by atoms with E-state index in [1.807, 2.05) is 18.2 Å². The van der Waals surface area contributed by atoms with Crippen molar-refractivity contribution < 1.29 is 4.79 Å². The number of halogens is 2. The van der Waals surface area contributed by atoms with Crippen LogP contribution in [0.3, 0.4) is 0 Å². The molecule has 80 valence electrons. The molecule has 2 nitrogen and oxygen atoms in total. The molecule has 0 aliphatic heterocycles. The molecule has 1 fully saturated rings. The van der Waals surface area contributed by atoms with Crippen molar-refractivity contribution >= 4 is 34.8 Å². The zero-order valence-corrected chi connectivity index (χ0v) is 9.61. The van der Waals surface area contributed by atoms with E-state index in [4.69, 9.17) is 23.2 Å². The number of benzene rings is 1. The molecular formula is C11H11Cl2NO. The summed E-state index contributed by atoms with van der Waals surface area (Å²) >= 11 is 11.4. The van der Waals surface area contributed by atoms with Crippen LogP contribution in [-0.2, 0) is 4.79 Å². The van der Waals surface area contributed by atoms with Crippen molar-refractivity contribution in [2.24, 2.45) is 0 Å². The maximum Gasteiger partial charge on any atom is 0.239 e. The Morgan fingerprint density at radius 2 is 2.20 bits per heavy atom. The van der Waals surface area contributed by atoms with Crippen molar-refractivity contribution in [1.82, 2.24) is 0 Å². The number of carbonyl (C=O) groups is 1. The Labute approximate surface area is 98.6 Å². The summed E-state index contributed by atoms with van der Waals surface area (Å²) in [7, 11) is 0. The standard InChI is InChI=1S/C11H11Cl2NO/c12-6-11(15)14-10-4-3-8(5-9(10)13)7-1-2-7/h3-5,7H,1-2,6H2,(H,14,15). The van der Waals surface area contributed by atoms with E-state index >= 15 is 0 Å². The van der Waals surface area contributed by atoms with Gasteiger partial charge >= 0.3 is 0 Å². The van der Waals surface area contributed by atoms with E-state index in [1.165, 1.54) is 18.4 Å². The maximum atomic E-state index is 11.1. The first-order chi connectivity index (χ1) is 7.20. The Balaban J connectivity index is 2.14. The second-order valence-corrected chi connectivity index (χ2v) is 4.37. The SMILES string of the molecule is O=C(CCl)Nc1ccc(C2CC2)cc1Cl. The van der Waals surface area contributed by atoms with Crippen LogP contribution in [0.5, 0.6) is 0 Å². The minimum absolute atomic E-state index is 0.0549. The molecule has 1 aliphatic rings. The van der Waals surface area contributed by atoms with Crippen LogP contribution in [0, 0.1) is 0 Å². The smallest absolute Gasteiger partial charge is 0.239 e. The number of hydrogen-bond donors (Lipinski definition) is 1. The molecule has 0 aromatic heterocycles. The van der Waals surface area contributed by atoms with Gasteiger partial charge in [0.25, 0.3) is 0 Å². The first-order valence-electron chi connectivity index (χ1n) is 4.86. The minimum Gasteiger partial charge on any atom is -0.324 e. The monoisotopic (exact) mass is 243 g/mol. The summed E-state index contributed by atoms with van der Waals surface area (Å²) in [6.07, 6.45) is 2.48. The summed E-state index contributed by atoms with van der Waals surface area (Å²) in [6, 6.07) is 5.76. The van der Waals surface area contributed by atoms with Gasteiger partial charge in [0, 0.05) is 0 Å². The van der Waals surface area contributed by atoms with Gasteiger partial charge in [-0.3, -0.25) is 4.79 Å². The van der Waals surface area contributed by atoms with Crippen LogP contribution in [0.2, 0.25) is 5.02 Å². The second kappa shape index (κ2) is 4.42. The molecule has 0 atom stereocenters. The molecule has 15 heavy (non-hydrogen) atoms. The average Bonchev–Trinajstić information content (AvgIpc) is 3.04. The van der Waals surface area contributed by atoms with Gasteiger partial charge in [0.2, 0.25) is 5.91 Å². The van der Waals surface area contributed by atoms with Gasteiger partial charge in [0.1, 0.15) is 5.88 Å². The largest absolute Gasteiger partial charge is 0.324 e. The highest BCUT2D eigenvalue weighted by molar-refractivity contribution is 6.34. The maximum absolute atomic E-state index is 11.1. The van der Waals surface area contributed by atoms with Gasteiger partial charge in [0.15, 0.2) is 0 Å². The molecule has 1 aliphatic carbocycles. The van der Waals surface area contributed by atoms with Gasteiger partial charge < -0.3 is 5.32 Å². The van der Waals surface area contributed by atoms with Gasteiger partial charge in [-0.15, -0.1) is 11.6 Å². The lowest BCUT2D eigenvalue weighted by Crippen LogP contribution is -2.12. The normalized spacial score (nSPS) is 15.1. The van der Waals surface area contributed by atoms with E-state index in [0.29, 0.717) is 16.6 Å². The average molecular weight is 244 g/mol. The topological polar surface area (TPSA) is 29.1 Å². The Morgan fingerprint density at radius 3 is 2.73 bits per heavy atom. The fraction of sp³-hybridized carbons (Fsp3) is 0.364. The van der Waals surface area contributed by atoms with E-state index < -0.39 is 0 Å². The number of rotatable bonds is 3. The van der Waals surface area contributed by atoms with E-state index in [2.05, 4.69) is 5.32 Å². The fourth-order valence-electron chi connectivity index (χ4n) is 1.49. The summed E-state index contributed by atoms with van der Waals surface area (Å²) in [5, 5.41) is 3.22. The Hall–Kier alpha value is -0.730. The summed E-state index contributed by atoms with van der Waals surface area (Å²) in [6.45, 7) is 0. The Morgan fingerprint density at radius 1 is 1.47 bits per heavy atom. The molecule has 1 aromatic rings. The first kappa shape index (κ1) is 10.8. The van der Waals surface area contributed by atoms with Crippen LogP contribution in [0.4, 0.5) is 5.69 Å². The molecule has 0 heterocycles.